The Kier molecular flexibility index (Phi) is 8.40. The highest BCUT2D eigenvalue weighted by molar-refractivity contribution is 14.0. The number of nitrogens with one attached hydrogen (secondary N) is 2. The standard InChI is InChI=1S/C17H27N5O2.HI/c1-17(2,3)24-16(23)22-11-14(12-22)21-15(18-4)20-9-7-13-6-5-8-19-10-13;/h5-6,8,10,14H,7,9,11-12H2,1-4H3,(H2,18,20,21);1H. The Balaban J connectivity index is 0.00000312. The molecule has 0 aromatic carbocycles. The molecule has 8 heteroatoms. The van der Waals surface area contributed by atoms with E-state index < -0.39 is 5.60 Å². The van der Waals surface area contributed by atoms with E-state index in [0.717, 1.165) is 18.9 Å². The van der Waals surface area contributed by atoms with E-state index in [0.29, 0.717) is 13.1 Å². The number of nitrogens with zero attached hydrogens (tertiary/aromatic N) is 3. The molecule has 25 heavy (non-hydrogen) atoms. The van der Waals surface area contributed by atoms with Gasteiger partial charge in [0.15, 0.2) is 5.96 Å². The van der Waals surface area contributed by atoms with Crippen molar-refractivity contribution in [2.75, 3.05) is 26.7 Å². The summed E-state index contributed by atoms with van der Waals surface area (Å²) >= 11 is 0. The van der Waals surface area contributed by atoms with Crippen molar-refractivity contribution < 1.29 is 9.53 Å². The zero-order valence-corrected chi connectivity index (χ0v) is 17.6. The third-order valence-corrected chi connectivity index (χ3v) is 3.53. The van der Waals surface area contributed by atoms with Crippen LogP contribution in [-0.4, -0.2) is 60.3 Å². The van der Waals surface area contributed by atoms with E-state index in [2.05, 4.69) is 26.7 Å². The maximum atomic E-state index is 11.9. The Hall–Kier alpha value is -1.58. The summed E-state index contributed by atoms with van der Waals surface area (Å²) in [6.45, 7) is 7.63. The normalized spacial score (nSPS) is 15.0. The number of likely N-dealkylation sites (tertiary alicyclic amines) is 1. The quantitative estimate of drug-likeness (QED) is 0.408. The molecule has 2 rings (SSSR count). The number of carbonyl (C=O) groups is 1. The van der Waals surface area contributed by atoms with E-state index in [9.17, 15) is 4.79 Å². The molecule has 0 bridgehead atoms. The Morgan fingerprint density at radius 3 is 2.72 bits per heavy atom. The van der Waals surface area contributed by atoms with Crippen LogP contribution in [0.15, 0.2) is 29.5 Å². The molecule has 0 radical (unpaired) electrons. The second-order valence-corrected chi connectivity index (χ2v) is 6.84. The monoisotopic (exact) mass is 461 g/mol. The average Bonchev–Trinajstić information content (AvgIpc) is 2.47. The molecule has 1 aromatic rings. The van der Waals surface area contributed by atoms with Crippen LogP contribution in [0, 0.1) is 0 Å². The number of hydrogen-bond donors (Lipinski definition) is 2. The van der Waals surface area contributed by atoms with Crippen molar-refractivity contribution in [3.8, 4) is 0 Å². The molecular weight excluding hydrogens is 433 g/mol. The Morgan fingerprint density at radius 1 is 1.44 bits per heavy atom. The second kappa shape index (κ2) is 9.79. The first kappa shape index (κ1) is 21.5. The zero-order valence-electron chi connectivity index (χ0n) is 15.3. The number of hydrogen-bond acceptors (Lipinski definition) is 4. The summed E-state index contributed by atoms with van der Waals surface area (Å²) in [7, 11) is 1.74. The first-order valence-corrected chi connectivity index (χ1v) is 8.21. The molecule has 7 nitrogen and oxygen atoms in total. The minimum absolute atomic E-state index is 0. The molecule has 1 amide bonds. The number of guanidine groups is 1. The minimum Gasteiger partial charge on any atom is -0.444 e. The fraction of sp³-hybridized carbons (Fsp3) is 0.588. The maximum absolute atomic E-state index is 11.9. The topological polar surface area (TPSA) is 78.9 Å². The van der Waals surface area contributed by atoms with Gasteiger partial charge in [-0.1, -0.05) is 6.07 Å². The smallest absolute Gasteiger partial charge is 0.410 e. The van der Waals surface area contributed by atoms with Crippen LogP contribution in [0.25, 0.3) is 0 Å². The number of amides is 1. The van der Waals surface area contributed by atoms with Crippen LogP contribution in [0.3, 0.4) is 0 Å². The molecule has 2 N–H and O–H groups in total. The summed E-state index contributed by atoms with van der Waals surface area (Å²) in [4.78, 5) is 21.9. The van der Waals surface area contributed by atoms with Crippen LogP contribution in [0.4, 0.5) is 4.79 Å². The fourth-order valence-corrected chi connectivity index (χ4v) is 2.30. The molecule has 1 aliphatic heterocycles. The van der Waals surface area contributed by atoms with Gasteiger partial charge in [-0.3, -0.25) is 9.98 Å². The third kappa shape index (κ3) is 7.45. The van der Waals surface area contributed by atoms with Gasteiger partial charge < -0.3 is 20.3 Å². The molecular formula is C17H28IN5O2. The first-order chi connectivity index (χ1) is 11.4. The number of halogens is 1. The predicted octanol–water partition coefficient (Wildman–Crippen LogP) is 2.03. The molecule has 2 heterocycles. The van der Waals surface area contributed by atoms with Crippen molar-refractivity contribution in [2.24, 2.45) is 4.99 Å². The van der Waals surface area contributed by atoms with Crippen molar-refractivity contribution in [1.82, 2.24) is 20.5 Å². The molecule has 140 valence electrons. The maximum Gasteiger partial charge on any atom is 0.410 e. The predicted molar refractivity (Wildman–Crippen MR) is 109 cm³/mol. The lowest BCUT2D eigenvalue weighted by atomic mass is 10.1. The van der Waals surface area contributed by atoms with Gasteiger partial charge in [-0.05, 0) is 38.8 Å². The Labute approximate surface area is 166 Å². The highest BCUT2D eigenvalue weighted by Gasteiger charge is 2.34. The van der Waals surface area contributed by atoms with E-state index in [1.54, 1.807) is 18.1 Å². The SMILES string of the molecule is CN=C(NCCc1cccnc1)NC1CN(C(=O)OC(C)(C)C)C1.I. The molecule has 1 saturated heterocycles. The lowest BCUT2D eigenvalue weighted by molar-refractivity contribution is 0.00701. The number of aromatic nitrogens is 1. The summed E-state index contributed by atoms with van der Waals surface area (Å²) in [6, 6.07) is 4.18. The summed E-state index contributed by atoms with van der Waals surface area (Å²) in [5, 5.41) is 6.59. The van der Waals surface area contributed by atoms with Crippen molar-refractivity contribution in [3.05, 3.63) is 30.1 Å². The summed E-state index contributed by atoms with van der Waals surface area (Å²) in [6.07, 6.45) is 4.25. The van der Waals surface area contributed by atoms with E-state index in [-0.39, 0.29) is 36.1 Å². The summed E-state index contributed by atoms with van der Waals surface area (Å²) in [5.41, 5.74) is 0.722. The van der Waals surface area contributed by atoms with Crippen molar-refractivity contribution in [3.63, 3.8) is 0 Å². The highest BCUT2D eigenvalue weighted by atomic mass is 127. The lowest BCUT2D eigenvalue weighted by Gasteiger charge is -2.40. The molecule has 1 aliphatic rings. The van der Waals surface area contributed by atoms with Gasteiger partial charge in [0.2, 0.25) is 0 Å². The third-order valence-electron chi connectivity index (χ3n) is 3.53. The van der Waals surface area contributed by atoms with Gasteiger partial charge in [-0.2, -0.15) is 0 Å². The fourth-order valence-electron chi connectivity index (χ4n) is 2.30. The summed E-state index contributed by atoms with van der Waals surface area (Å²) < 4.78 is 5.34. The van der Waals surface area contributed by atoms with Crippen LogP contribution >= 0.6 is 24.0 Å². The molecule has 0 aliphatic carbocycles. The van der Waals surface area contributed by atoms with Gasteiger partial charge in [0.1, 0.15) is 5.60 Å². The van der Waals surface area contributed by atoms with Crippen LogP contribution in [0.2, 0.25) is 0 Å². The van der Waals surface area contributed by atoms with Gasteiger partial charge in [0, 0.05) is 39.1 Å². The molecule has 0 unspecified atom stereocenters. The van der Waals surface area contributed by atoms with E-state index in [4.69, 9.17) is 4.74 Å². The molecule has 1 aromatic heterocycles. The van der Waals surface area contributed by atoms with Crippen molar-refractivity contribution >= 4 is 36.0 Å². The van der Waals surface area contributed by atoms with Gasteiger partial charge in [0.25, 0.3) is 0 Å². The van der Waals surface area contributed by atoms with Gasteiger partial charge >= 0.3 is 6.09 Å². The highest BCUT2D eigenvalue weighted by Crippen LogP contribution is 2.15. The number of aliphatic imine (C=N–C) groups is 1. The van der Waals surface area contributed by atoms with Gasteiger partial charge in [-0.25, -0.2) is 4.79 Å². The molecule has 1 fully saturated rings. The zero-order chi connectivity index (χ0) is 17.6. The van der Waals surface area contributed by atoms with Gasteiger partial charge in [-0.15, -0.1) is 24.0 Å². The second-order valence-electron chi connectivity index (χ2n) is 6.84. The lowest BCUT2D eigenvalue weighted by Crippen LogP contribution is -2.63. The molecule has 0 saturated carbocycles. The van der Waals surface area contributed by atoms with Crippen molar-refractivity contribution in [2.45, 2.75) is 38.8 Å². The Bertz CT molecular complexity index is 568. The van der Waals surface area contributed by atoms with Crippen LogP contribution < -0.4 is 10.6 Å². The van der Waals surface area contributed by atoms with E-state index in [1.165, 1.54) is 5.56 Å². The first-order valence-electron chi connectivity index (χ1n) is 8.21. The van der Waals surface area contributed by atoms with Crippen LogP contribution in [0.5, 0.6) is 0 Å². The number of pyridine rings is 1. The van der Waals surface area contributed by atoms with E-state index >= 15 is 0 Å². The number of rotatable bonds is 4. The van der Waals surface area contributed by atoms with Crippen LogP contribution in [-0.2, 0) is 11.2 Å². The van der Waals surface area contributed by atoms with Crippen LogP contribution in [0.1, 0.15) is 26.3 Å². The van der Waals surface area contributed by atoms with E-state index in [1.807, 2.05) is 33.0 Å². The number of carbonyl (C=O) groups excluding carboxylic acids is 1. The minimum atomic E-state index is -0.459. The largest absolute Gasteiger partial charge is 0.444 e. The number of ether oxygens (including phenoxy) is 1. The Morgan fingerprint density at radius 2 is 2.16 bits per heavy atom. The summed E-state index contributed by atoms with van der Waals surface area (Å²) in [5.74, 6) is 0.743. The van der Waals surface area contributed by atoms with Crippen molar-refractivity contribution in [1.29, 1.82) is 0 Å². The molecule has 0 atom stereocenters. The average molecular weight is 461 g/mol. The molecule has 0 spiro atoms. The van der Waals surface area contributed by atoms with Gasteiger partial charge in [0.05, 0.1) is 6.04 Å².